The minimum absolute atomic E-state index is 0.0731. The van der Waals surface area contributed by atoms with Gasteiger partial charge in [0.05, 0.1) is 12.2 Å². The molecule has 0 unspecified atom stereocenters. The van der Waals surface area contributed by atoms with Crippen LogP contribution < -0.4 is 10.2 Å². The van der Waals surface area contributed by atoms with Gasteiger partial charge in [-0.25, -0.2) is 0 Å². The zero-order chi connectivity index (χ0) is 22.3. The summed E-state index contributed by atoms with van der Waals surface area (Å²) in [4.78, 5) is 16.3. The maximum absolute atomic E-state index is 13.0. The predicted molar refractivity (Wildman–Crippen MR) is 115 cm³/mol. The molecule has 1 heterocycles. The number of amides is 1. The van der Waals surface area contributed by atoms with E-state index in [0.717, 1.165) is 70.9 Å². The van der Waals surface area contributed by atoms with Crippen LogP contribution in [-0.4, -0.2) is 63.3 Å². The molecule has 2 fully saturated rings. The van der Waals surface area contributed by atoms with Gasteiger partial charge in [-0.3, -0.25) is 9.69 Å². The van der Waals surface area contributed by atoms with Gasteiger partial charge in [0, 0.05) is 51.4 Å². The number of hydrogen-bond donors (Lipinski definition) is 1. The van der Waals surface area contributed by atoms with E-state index in [4.69, 9.17) is 4.74 Å². The van der Waals surface area contributed by atoms with Gasteiger partial charge < -0.3 is 15.0 Å². The number of halogens is 3. The summed E-state index contributed by atoms with van der Waals surface area (Å²) in [5.41, 5.74) is 0.0678. The highest BCUT2D eigenvalue weighted by Crippen LogP contribution is 2.32. The molecule has 5 nitrogen and oxygen atoms in total. The standard InChI is InChI=1S/C23H34F3N3O2/c1-31-16-10-22(30)27-20-7-5-18(6-8-20)9-11-28-12-14-29(15-13-28)21-4-2-3-19(17-21)23(24,25)26/h2-4,17-18,20H,5-16H2,1H3,(H,27,30). The first-order valence-electron chi connectivity index (χ1n) is 11.3. The van der Waals surface area contributed by atoms with Crippen molar-refractivity contribution in [2.45, 2.75) is 50.7 Å². The maximum Gasteiger partial charge on any atom is 0.416 e. The summed E-state index contributed by atoms with van der Waals surface area (Å²) in [6.45, 7) is 4.75. The average molecular weight is 442 g/mol. The molecule has 2 aliphatic rings. The van der Waals surface area contributed by atoms with Crippen molar-refractivity contribution in [3.8, 4) is 0 Å². The van der Waals surface area contributed by atoms with Crippen LogP contribution in [0.5, 0.6) is 0 Å². The van der Waals surface area contributed by atoms with Crippen molar-refractivity contribution in [3.05, 3.63) is 29.8 Å². The molecule has 0 bridgehead atoms. The number of anilines is 1. The number of carbonyl (C=O) groups is 1. The van der Waals surface area contributed by atoms with E-state index in [2.05, 4.69) is 10.2 Å². The smallest absolute Gasteiger partial charge is 0.384 e. The average Bonchev–Trinajstić information content (AvgIpc) is 2.77. The highest BCUT2D eigenvalue weighted by molar-refractivity contribution is 5.76. The second kappa shape index (κ2) is 11.2. The van der Waals surface area contributed by atoms with E-state index in [0.29, 0.717) is 24.6 Å². The first-order valence-corrected chi connectivity index (χ1v) is 11.3. The number of rotatable bonds is 8. The van der Waals surface area contributed by atoms with Crippen molar-refractivity contribution in [2.75, 3.05) is 51.3 Å². The Kier molecular flexibility index (Phi) is 8.60. The van der Waals surface area contributed by atoms with Gasteiger partial charge >= 0.3 is 6.18 Å². The van der Waals surface area contributed by atoms with Crippen molar-refractivity contribution in [1.82, 2.24) is 10.2 Å². The Morgan fingerprint density at radius 3 is 2.48 bits per heavy atom. The molecule has 0 atom stereocenters. The Labute approximate surface area is 182 Å². The zero-order valence-corrected chi connectivity index (χ0v) is 18.3. The molecule has 0 aromatic heterocycles. The van der Waals surface area contributed by atoms with Crippen LogP contribution in [0, 0.1) is 5.92 Å². The quantitative estimate of drug-likeness (QED) is 0.664. The lowest BCUT2D eigenvalue weighted by Crippen LogP contribution is -2.47. The molecule has 8 heteroatoms. The molecule has 1 N–H and O–H groups in total. The Hall–Kier alpha value is -1.80. The molecule has 1 aromatic carbocycles. The van der Waals surface area contributed by atoms with Gasteiger partial charge in [-0.05, 0) is 62.8 Å². The lowest BCUT2D eigenvalue weighted by atomic mass is 9.84. The van der Waals surface area contributed by atoms with E-state index in [9.17, 15) is 18.0 Å². The van der Waals surface area contributed by atoms with Crippen molar-refractivity contribution >= 4 is 11.6 Å². The van der Waals surface area contributed by atoms with E-state index < -0.39 is 11.7 Å². The van der Waals surface area contributed by atoms with Crippen LogP contribution in [0.3, 0.4) is 0 Å². The minimum Gasteiger partial charge on any atom is -0.384 e. The van der Waals surface area contributed by atoms with Gasteiger partial charge in [0.25, 0.3) is 0 Å². The SMILES string of the molecule is COCCC(=O)NC1CCC(CCN2CCN(c3cccc(C(F)(F)F)c3)CC2)CC1. The maximum atomic E-state index is 13.0. The van der Waals surface area contributed by atoms with Gasteiger partial charge in [-0.1, -0.05) is 6.07 Å². The zero-order valence-electron chi connectivity index (χ0n) is 18.3. The molecule has 1 aliphatic heterocycles. The van der Waals surface area contributed by atoms with Gasteiger partial charge in [-0.15, -0.1) is 0 Å². The Bertz CT molecular complexity index is 698. The van der Waals surface area contributed by atoms with E-state index in [1.165, 1.54) is 12.1 Å². The molecule has 1 saturated heterocycles. The van der Waals surface area contributed by atoms with Crippen molar-refractivity contribution in [2.24, 2.45) is 5.92 Å². The number of alkyl halides is 3. The van der Waals surface area contributed by atoms with Crippen molar-refractivity contribution in [3.63, 3.8) is 0 Å². The number of nitrogens with one attached hydrogen (secondary N) is 1. The highest BCUT2D eigenvalue weighted by atomic mass is 19.4. The second-order valence-corrected chi connectivity index (χ2v) is 8.69. The molecule has 3 rings (SSSR count). The predicted octanol–water partition coefficient (Wildman–Crippen LogP) is 3.93. The monoisotopic (exact) mass is 441 g/mol. The van der Waals surface area contributed by atoms with Crippen LogP contribution in [-0.2, 0) is 15.7 Å². The Balaban J connectivity index is 1.35. The van der Waals surface area contributed by atoms with Crippen LogP contribution in [0.15, 0.2) is 24.3 Å². The molecule has 174 valence electrons. The molecular weight excluding hydrogens is 407 g/mol. The summed E-state index contributed by atoms with van der Waals surface area (Å²) in [6.07, 6.45) is 1.61. The molecule has 1 aliphatic carbocycles. The molecule has 0 spiro atoms. The summed E-state index contributed by atoms with van der Waals surface area (Å²) in [5, 5.41) is 3.11. The summed E-state index contributed by atoms with van der Waals surface area (Å²) in [6, 6.07) is 5.91. The number of nitrogens with zero attached hydrogens (tertiary/aromatic N) is 2. The van der Waals surface area contributed by atoms with Crippen molar-refractivity contribution in [1.29, 1.82) is 0 Å². The third-order valence-electron chi connectivity index (χ3n) is 6.51. The summed E-state index contributed by atoms with van der Waals surface area (Å²) in [5.74, 6) is 0.762. The molecule has 1 amide bonds. The van der Waals surface area contributed by atoms with Gasteiger partial charge in [0.2, 0.25) is 5.91 Å². The third kappa shape index (κ3) is 7.38. The van der Waals surface area contributed by atoms with E-state index in [1.807, 2.05) is 4.90 Å². The number of ether oxygens (including phenoxy) is 1. The highest BCUT2D eigenvalue weighted by Gasteiger charge is 2.31. The van der Waals surface area contributed by atoms with Crippen LogP contribution in [0.4, 0.5) is 18.9 Å². The summed E-state index contributed by atoms with van der Waals surface area (Å²) < 4.78 is 43.8. The Morgan fingerprint density at radius 2 is 1.84 bits per heavy atom. The summed E-state index contributed by atoms with van der Waals surface area (Å²) >= 11 is 0. The Morgan fingerprint density at radius 1 is 1.13 bits per heavy atom. The fourth-order valence-electron chi connectivity index (χ4n) is 4.56. The largest absolute Gasteiger partial charge is 0.416 e. The van der Waals surface area contributed by atoms with Crippen LogP contribution in [0.1, 0.15) is 44.1 Å². The van der Waals surface area contributed by atoms with Crippen molar-refractivity contribution < 1.29 is 22.7 Å². The fourth-order valence-corrected chi connectivity index (χ4v) is 4.56. The van der Waals surface area contributed by atoms with E-state index in [1.54, 1.807) is 13.2 Å². The van der Waals surface area contributed by atoms with E-state index >= 15 is 0 Å². The first-order chi connectivity index (χ1) is 14.8. The first kappa shape index (κ1) is 23.9. The second-order valence-electron chi connectivity index (χ2n) is 8.69. The molecule has 1 aromatic rings. The number of carbonyl (C=O) groups excluding carboxylic acids is 1. The van der Waals surface area contributed by atoms with Crippen LogP contribution >= 0.6 is 0 Å². The lowest BCUT2D eigenvalue weighted by molar-refractivity contribution is -0.137. The fraction of sp³-hybridized carbons (Fsp3) is 0.696. The molecule has 0 radical (unpaired) electrons. The van der Waals surface area contributed by atoms with Gasteiger partial charge in [-0.2, -0.15) is 13.2 Å². The van der Waals surface area contributed by atoms with Crippen LogP contribution in [0.25, 0.3) is 0 Å². The van der Waals surface area contributed by atoms with Gasteiger partial charge in [0.15, 0.2) is 0 Å². The molecule has 1 saturated carbocycles. The lowest BCUT2D eigenvalue weighted by Gasteiger charge is -2.37. The number of methoxy groups -OCH3 is 1. The van der Waals surface area contributed by atoms with E-state index in [-0.39, 0.29) is 11.9 Å². The number of hydrogen-bond acceptors (Lipinski definition) is 4. The number of benzene rings is 1. The number of piperazine rings is 1. The summed E-state index contributed by atoms with van der Waals surface area (Å²) in [7, 11) is 1.60. The molecule has 31 heavy (non-hydrogen) atoms. The van der Waals surface area contributed by atoms with Gasteiger partial charge in [0.1, 0.15) is 0 Å². The topological polar surface area (TPSA) is 44.8 Å². The minimum atomic E-state index is -4.30. The normalized spacial score (nSPS) is 23.0. The third-order valence-corrected chi connectivity index (χ3v) is 6.51. The van der Waals surface area contributed by atoms with Crippen LogP contribution in [0.2, 0.25) is 0 Å². The molecular formula is C23H34F3N3O2.